The molecule has 1 amide bonds. The molecule has 2 heterocycles. The molecule has 0 bridgehead atoms. The first-order chi connectivity index (χ1) is 13.0. The van der Waals surface area contributed by atoms with Crippen molar-refractivity contribution in [2.24, 2.45) is 5.92 Å². The molecule has 28 heavy (non-hydrogen) atoms. The number of ether oxygens (including phenoxy) is 2. The molecular weight excluding hydrogens is 362 g/mol. The van der Waals surface area contributed by atoms with Crippen LogP contribution in [0, 0.1) is 5.92 Å². The van der Waals surface area contributed by atoms with E-state index in [2.05, 4.69) is 10.1 Å². The van der Waals surface area contributed by atoms with Gasteiger partial charge in [-0.15, -0.1) is 0 Å². The number of hydrogen-bond donors (Lipinski definition) is 0. The summed E-state index contributed by atoms with van der Waals surface area (Å²) in [5, 5.41) is 4.18. The Morgan fingerprint density at radius 3 is 2.43 bits per heavy atom. The van der Waals surface area contributed by atoms with Crippen molar-refractivity contribution in [1.82, 2.24) is 10.1 Å². The smallest absolute Gasteiger partial charge is 0.410 e. The Morgan fingerprint density at radius 2 is 1.89 bits per heavy atom. The van der Waals surface area contributed by atoms with Crippen molar-refractivity contribution in [3.63, 3.8) is 0 Å². The zero-order valence-electron chi connectivity index (χ0n) is 18.0. The Bertz CT molecular complexity index is 674. The normalized spacial score (nSPS) is 17.8. The molecule has 1 unspecified atom stereocenters. The number of hydrogen-bond acceptors (Lipinski definition) is 7. The number of piperidine rings is 1. The SMILES string of the molecule is COC(=O)[C@H](C)C(C)c1cc(N(C)C2CCN(C(=O)OC(C)(C)C)CC2)no1. The van der Waals surface area contributed by atoms with Crippen LogP contribution < -0.4 is 4.90 Å². The molecule has 1 aromatic rings. The molecule has 1 aliphatic rings. The third-order valence-electron chi connectivity index (χ3n) is 5.31. The van der Waals surface area contributed by atoms with Gasteiger partial charge >= 0.3 is 12.1 Å². The minimum atomic E-state index is -0.486. The van der Waals surface area contributed by atoms with Gasteiger partial charge in [0.1, 0.15) is 11.4 Å². The Hall–Kier alpha value is -2.25. The van der Waals surface area contributed by atoms with Gasteiger partial charge in [0.05, 0.1) is 13.0 Å². The lowest BCUT2D eigenvalue weighted by molar-refractivity contribution is -0.145. The van der Waals surface area contributed by atoms with E-state index in [1.165, 1.54) is 7.11 Å². The minimum Gasteiger partial charge on any atom is -0.469 e. The summed E-state index contributed by atoms with van der Waals surface area (Å²) in [6, 6.07) is 2.13. The second-order valence-corrected chi connectivity index (χ2v) is 8.50. The van der Waals surface area contributed by atoms with Crippen LogP contribution in [0.2, 0.25) is 0 Å². The number of amides is 1. The lowest BCUT2D eigenvalue weighted by Crippen LogP contribution is -2.47. The quantitative estimate of drug-likeness (QED) is 0.706. The molecule has 0 aromatic carbocycles. The Balaban J connectivity index is 1.94. The summed E-state index contributed by atoms with van der Waals surface area (Å²) in [4.78, 5) is 27.8. The first-order valence-electron chi connectivity index (χ1n) is 9.78. The second kappa shape index (κ2) is 8.84. The highest BCUT2D eigenvalue weighted by Crippen LogP contribution is 2.29. The van der Waals surface area contributed by atoms with Crippen molar-refractivity contribution in [3.8, 4) is 0 Å². The standard InChI is InChI=1S/C20H33N3O5/c1-13(14(2)18(24)26-7)16-12-17(21-28-16)22(6)15-8-10-23(11-9-15)19(25)27-20(3,4)5/h12-15H,8-11H2,1-7H3/t13?,14-/m1/s1. The van der Waals surface area contributed by atoms with Crippen molar-refractivity contribution in [2.75, 3.05) is 32.1 Å². The Morgan fingerprint density at radius 1 is 1.29 bits per heavy atom. The van der Waals surface area contributed by atoms with Gasteiger partial charge in [-0.1, -0.05) is 19.0 Å². The fourth-order valence-corrected chi connectivity index (χ4v) is 3.25. The van der Waals surface area contributed by atoms with Gasteiger partial charge in [0, 0.05) is 38.2 Å². The fraction of sp³-hybridized carbons (Fsp3) is 0.750. The highest BCUT2D eigenvalue weighted by atomic mass is 16.6. The number of anilines is 1. The Kier molecular flexibility index (Phi) is 6.96. The molecule has 0 saturated carbocycles. The van der Waals surface area contributed by atoms with Crippen molar-refractivity contribution in [2.45, 2.75) is 65.0 Å². The summed E-state index contributed by atoms with van der Waals surface area (Å²) in [5.41, 5.74) is -0.486. The number of nitrogens with zero attached hydrogens (tertiary/aromatic N) is 3. The van der Waals surface area contributed by atoms with E-state index >= 15 is 0 Å². The Labute approximate surface area is 167 Å². The maximum Gasteiger partial charge on any atom is 0.410 e. The van der Waals surface area contributed by atoms with Gasteiger partial charge in [0.15, 0.2) is 5.82 Å². The van der Waals surface area contributed by atoms with Crippen LogP contribution in [0.25, 0.3) is 0 Å². The molecule has 1 aromatic heterocycles. The van der Waals surface area contributed by atoms with Crippen molar-refractivity contribution < 1.29 is 23.6 Å². The monoisotopic (exact) mass is 395 g/mol. The van der Waals surface area contributed by atoms with Gasteiger partial charge in [-0.2, -0.15) is 0 Å². The van der Waals surface area contributed by atoms with Crippen LogP contribution >= 0.6 is 0 Å². The van der Waals surface area contributed by atoms with Gasteiger partial charge in [-0.05, 0) is 33.6 Å². The highest BCUT2D eigenvalue weighted by molar-refractivity contribution is 5.73. The summed E-state index contributed by atoms with van der Waals surface area (Å²) < 4.78 is 15.7. The number of carbonyl (C=O) groups excluding carboxylic acids is 2. The van der Waals surface area contributed by atoms with E-state index in [-0.39, 0.29) is 29.9 Å². The molecule has 2 atom stereocenters. The third-order valence-corrected chi connectivity index (χ3v) is 5.31. The number of likely N-dealkylation sites (tertiary alicyclic amines) is 1. The fourth-order valence-electron chi connectivity index (χ4n) is 3.25. The average Bonchev–Trinajstić information content (AvgIpc) is 3.14. The molecule has 158 valence electrons. The molecule has 0 N–H and O–H groups in total. The van der Waals surface area contributed by atoms with Crippen molar-refractivity contribution in [3.05, 3.63) is 11.8 Å². The van der Waals surface area contributed by atoms with Crippen LogP contribution in [-0.4, -0.2) is 61.0 Å². The molecule has 2 rings (SSSR count). The van der Waals surface area contributed by atoms with E-state index in [0.717, 1.165) is 18.7 Å². The number of esters is 1. The van der Waals surface area contributed by atoms with E-state index in [1.54, 1.807) is 4.90 Å². The van der Waals surface area contributed by atoms with Gasteiger partial charge < -0.3 is 23.8 Å². The van der Waals surface area contributed by atoms with Crippen LogP contribution in [0.15, 0.2) is 10.6 Å². The van der Waals surface area contributed by atoms with E-state index < -0.39 is 5.60 Å². The minimum absolute atomic E-state index is 0.129. The number of aromatic nitrogens is 1. The lowest BCUT2D eigenvalue weighted by Gasteiger charge is -2.37. The highest BCUT2D eigenvalue weighted by Gasteiger charge is 2.30. The predicted octanol–water partition coefficient (Wildman–Crippen LogP) is 3.42. The van der Waals surface area contributed by atoms with Gasteiger partial charge in [0.2, 0.25) is 0 Å². The summed E-state index contributed by atoms with van der Waals surface area (Å²) in [5.74, 6) is 0.679. The predicted molar refractivity (Wildman–Crippen MR) is 105 cm³/mol. The van der Waals surface area contributed by atoms with Crippen molar-refractivity contribution in [1.29, 1.82) is 0 Å². The largest absolute Gasteiger partial charge is 0.469 e. The maximum absolute atomic E-state index is 12.2. The van der Waals surface area contributed by atoms with Crippen LogP contribution in [0.5, 0.6) is 0 Å². The molecule has 1 fully saturated rings. The van der Waals surface area contributed by atoms with Crippen LogP contribution in [-0.2, 0) is 14.3 Å². The molecule has 8 heteroatoms. The first-order valence-corrected chi connectivity index (χ1v) is 9.78. The van der Waals surface area contributed by atoms with Crippen LogP contribution in [0.3, 0.4) is 0 Å². The van der Waals surface area contributed by atoms with E-state index in [0.29, 0.717) is 18.8 Å². The van der Waals surface area contributed by atoms with Crippen molar-refractivity contribution >= 4 is 17.9 Å². The molecule has 1 saturated heterocycles. The summed E-state index contributed by atoms with van der Waals surface area (Å²) in [6.07, 6.45) is 1.39. The second-order valence-electron chi connectivity index (χ2n) is 8.50. The van der Waals surface area contributed by atoms with E-state index in [9.17, 15) is 9.59 Å². The van der Waals surface area contributed by atoms with Crippen LogP contribution in [0.4, 0.5) is 10.6 Å². The van der Waals surface area contributed by atoms with Gasteiger partial charge in [-0.25, -0.2) is 4.79 Å². The topological polar surface area (TPSA) is 85.1 Å². The maximum atomic E-state index is 12.2. The number of rotatable bonds is 5. The molecule has 8 nitrogen and oxygen atoms in total. The van der Waals surface area contributed by atoms with Gasteiger partial charge in [-0.3, -0.25) is 4.79 Å². The average molecular weight is 396 g/mol. The summed E-state index contributed by atoms with van der Waals surface area (Å²) in [6.45, 7) is 10.6. The summed E-state index contributed by atoms with van der Waals surface area (Å²) >= 11 is 0. The van der Waals surface area contributed by atoms with E-state index in [4.69, 9.17) is 14.0 Å². The molecule has 1 aliphatic heterocycles. The number of methoxy groups -OCH3 is 1. The molecule has 0 spiro atoms. The summed E-state index contributed by atoms with van der Waals surface area (Å²) in [7, 11) is 3.36. The zero-order valence-corrected chi connectivity index (χ0v) is 18.0. The van der Waals surface area contributed by atoms with Gasteiger partial charge in [0.25, 0.3) is 0 Å². The third kappa shape index (κ3) is 5.39. The molecule has 0 radical (unpaired) electrons. The molecular formula is C20H33N3O5. The molecule has 0 aliphatic carbocycles. The van der Waals surface area contributed by atoms with E-state index in [1.807, 2.05) is 47.7 Å². The number of carbonyl (C=O) groups is 2. The van der Waals surface area contributed by atoms with Crippen LogP contribution in [0.1, 0.15) is 59.1 Å². The lowest BCUT2D eigenvalue weighted by atomic mass is 9.93. The zero-order chi connectivity index (χ0) is 21.1. The first kappa shape index (κ1) is 22.0.